The molecular formula is C27H31ClN16O2. The summed E-state index contributed by atoms with van der Waals surface area (Å²) in [7, 11) is 0. The van der Waals surface area contributed by atoms with Crippen LogP contribution in [0.3, 0.4) is 0 Å². The van der Waals surface area contributed by atoms with Gasteiger partial charge in [0.15, 0.2) is 0 Å². The van der Waals surface area contributed by atoms with E-state index >= 15 is 0 Å². The molecule has 0 saturated carbocycles. The fourth-order valence-electron chi connectivity index (χ4n) is 5.16. The summed E-state index contributed by atoms with van der Waals surface area (Å²) in [6.07, 6.45) is 6.26. The highest BCUT2D eigenvalue weighted by Gasteiger charge is 2.21. The number of aryl methyl sites for hydroxylation is 1. The Morgan fingerprint density at radius 1 is 1.04 bits per heavy atom. The quantitative estimate of drug-likeness (QED) is 0.0734. The fraction of sp³-hybridized carbons (Fsp3) is 0.333. The first-order chi connectivity index (χ1) is 22.5. The molecule has 4 aromatic rings. The number of nitrogens with two attached hydrogens (primary N) is 1. The molecule has 2 aromatic heterocycles. The van der Waals surface area contributed by atoms with Crippen molar-refractivity contribution >= 4 is 39.8 Å². The van der Waals surface area contributed by atoms with E-state index in [1.54, 1.807) is 6.20 Å². The molecule has 4 heterocycles. The van der Waals surface area contributed by atoms with E-state index in [2.05, 4.69) is 73.8 Å². The van der Waals surface area contributed by atoms with Crippen LogP contribution in [-0.4, -0.2) is 52.3 Å². The Kier molecular flexibility index (Phi) is 10.7. The van der Waals surface area contributed by atoms with Crippen molar-refractivity contribution in [2.24, 2.45) is 41.8 Å². The van der Waals surface area contributed by atoms with E-state index in [0.29, 0.717) is 41.3 Å². The third-order valence-corrected chi connectivity index (χ3v) is 7.48. The van der Waals surface area contributed by atoms with Gasteiger partial charge in [-0.2, -0.15) is 11.1 Å². The second kappa shape index (κ2) is 15.5. The summed E-state index contributed by atoms with van der Waals surface area (Å²) in [4.78, 5) is 11.6. The van der Waals surface area contributed by atoms with Gasteiger partial charge in [-0.25, -0.2) is 9.97 Å². The molecule has 0 unspecified atom stereocenters. The maximum Gasteiger partial charge on any atom is 0.227 e. The number of nitrogen functional groups attached to an aromatic ring is 1. The van der Waals surface area contributed by atoms with E-state index in [9.17, 15) is 0 Å². The van der Waals surface area contributed by atoms with Gasteiger partial charge < -0.3 is 25.1 Å². The van der Waals surface area contributed by atoms with Gasteiger partial charge in [0.2, 0.25) is 5.95 Å². The zero-order chi connectivity index (χ0) is 32.3. The first-order valence-corrected chi connectivity index (χ1v) is 14.6. The van der Waals surface area contributed by atoms with E-state index in [0.717, 1.165) is 59.6 Å². The Bertz CT molecular complexity index is 1760. The second-order valence-corrected chi connectivity index (χ2v) is 10.5. The largest absolute Gasteiger partial charge is 0.490 e. The summed E-state index contributed by atoms with van der Waals surface area (Å²) in [6, 6.07) is 9.88. The average Bonchev–Trinajstić information content (AvgIpc) is 3.72. The maximum atomic E-state index is 6.58. The molecule has 1 fully saturated rings. The predicted octanol–water partition coefficient (Wildman–Crippen LogP) is 7.32. The lowest BCUT2D eigenvalue weighted by molar-refractivity contribution is 0.238. The van der Waals surface area contributed by atoms with E-state index in [-0.39, 0.29) is 0 Å². The number of anilines is 3. The molecule has 0 amide bonds. The van der Waals surface area contributed by atoms with Crippen LogP contribution in [0.25, 0.3) is 22.2 Å². The van der Waals surface area contributed by atoms with Crippen LogP contribution >= 0.6 is 11.6 Å². The first-order valence-electron chi connectivity index (χ1n) is 14.2. The highest BCUT2D eigenvalue weighted by molar-refractivity contribution is 6.33. The van der Waals surface area contributed by atoms with Crippen LogP contribution in [-0.2, 0) is 6.54 Å². The Hall–Kier alpha value is -5.49. The molecular weight excluding hydrogens is 616 g/mol. The Balaban J connectivity index is 0.000000362. The van der Waals surface area contributed by atoms with E-state index in [1.165, 1.54) is 12.8 Å². The summed E-state index contributed by atoms with van der Waals surface area (Å²) >= 11 is 6.58. The number of halogens is 1. The zero-order valence-electron chi connectivity index (χ0n) is 24.8. The summed E-state index contributed by atoms with van der Waals surface area (Å²) in [5.74, 6) is 2.02. The molecule has 6 rings (SSSR count). The normalized spacial score (nSPS) is 14.5. The summed E-state index contributed by atoms with van der Waals surface area (Å²) in [5.41, 5.74) is 23.6. The number of nitrogens with zero attached hydrogens (tertiary/aromatic N) is 12. The number of likely N-dealkylation sites (tertiary alicyclic amines) is 1. The molecule has 5 N–H and O–H groups in total. The Morgan fingerprint density at radius 2 is 1.78 bits per heavy atom. The zero-order valence-corrected chi connectivity index (χ0v) is 25.6. The van der Waals surface area contributed by atoms with Gasteiger partial charge in [-0.3, -0.25) is 4.90 Å². The second-order valence-electron chi connectivity index (χ2n) is 10.1. The SMILES string of the molecule is Cc1cc(OCCN2CCCC2)c(N)cc1Nc1ncc(Cl)c(-c2cn3c4c(cccc24)OCC3)n1.N=N/N=N/N=N/N=N/N=N. The highest BCUT2D eigenvalue weighted by atomic mass is 35.5. The predicted molar refractivity (Wildman–Crippen MR) is 168 cm³/mol. The molecule has 238 valence electrons. The lowest BCUT2D eigenvalue weighted by Gasteiger charge is -2.17. The van der Waals surface area contributed by atoms with Gasteiger partial charge in [-0.1, -0.05) is 23.7 Å². The summed E-state index contributed by atoms with van der Waals surface area (Å²) < 4.78 is 14.0. The molecule has 2 aliphatic rings. The van der Waals surface area contributed by atoms with Crippen molar-refractivity contribution in [1.82, 2.24) is 19.4 Å². The minimum atomic E-state index is 0.447. The van der Waals surface area contributed by atoms with Crippen LogP contribution in [0.15, 0.2) is 84.5 Å². The topological polar surface area (TPSA) is 237 Å². The van der Waals surface area contributed by atoms with Crippen molar-refractivity contribution in [2.75, 3.05) is 43.9 Å². The monoisotopic (exact) mass is 646 g/mol. The van der Waals surface area contributed by atoms with Crippen LogP contribution in [0.5, 0.6) is 11.5 Å². The molecule has 18 nitrogen and oxygen atoms in total. The number of nitrogens with one attached hydrogen (secondary N) is 3. The molecule has 0 atom stereocenters. The number of rotatable bonds is 11. The van der Waals surface area contributed by atoms with Crippen molar-refractivity contribution in [1.29, 1.82) is 11.1 Å². The van der Waals surface area contributed by atoms with Crippen molar-refractivity contribution in [3.63, 3.8) is 0 Å². The molecule has 0 bridgehead atoms. The van der Waals surface area contributed by atoms with Crippen LogP contribution in [0, 0.1) is 18.0 Å². The molecule has 0 spiro atoms. The van der Waals surface area contributed by atoms with Gasteiger partial charge in [0, 0.05) is 29.4 Å². The van der Waals surface area contributed by atoms with Gasteiger partial charge in [-0.05, 0) is 98.4 Å². The highest BCUT2D eigenvalue weighted by Crippen LogP contribution is 2.39. The van der Waals surface area contributed by atoms with Crippen LogP contribution in [0.1, 0.15) is 18.4 Å². The average molecular weight is 647 g/mol. The van der Waals surface area contributed by atoms with Crippen molar-refractivity contribution in [2.45, 2.75) is 26.3 Å². The smallest absolute Gasteiger partial charge is 0.227 e. The molecule has 2 aliphatic heterocycles. The minimum Gasteiger partial charge on any atom is -0.490 e. The summed E-state index contributed by atoms with van der Waals surface area (Å²) in [6.45, 7) is 7.29. The third kappa shape index (κ3) is 7.77. The molecule has 0 radical (unpaired) electrons. The number of hydrogen-bond donors (Lipinski definition) is 4. The molecule has 2 aromatic carbocycles. The standard InChI is InChI=1S/C27H29ClN6O2.H2N10/c1-17-13-24(36-11-9-33-7-2-3-8-33)21(29)14-22(17)31-27-30-15-20(28)25(32-27)19-16-34-10-12-35-23-6-4-5-18(19)26(23)34;1-3-5-7-9-10-8-6-4-2/h4-6,13-16H,2-3,7-12,29H2,1H3,(H,30,31,32);1-2H/b;3-1?,4-2?,7-5+,8-6+,10-9+. The summed E-state index contributed by atoms with van der Waals surface area (Å²) in [5, 5.41) is 26.7. The van der Waals surface area contributed by atoms with Gasteiger partial charge >= 0.3 is 0 Å². The minimum absolute atomic E-state index is 0.447. The van der Waals surface area contributed by atoms with Crippen LogP contribution in [0.2, 0.25) is 5.02 Å². The van der Waals surface area contributed by atoms with E-state index in [4.69, 9.17) is 42.9 Å². The van der Waals surface area contributed by atoms with Gasteiger partial charge in [-0.15, -0.1) is 0 Å². The Labute approximate surface area is 267 Å². The number of aromatic nitrogens is 3. The lowest BCUT2D eigenvalue weighted by Crippen LogP contribution is -2.25. The maximum absolute atomic E-state index is 6.58. The van der Waals surface area contributed by atoms with Crippen molar-refractivity contribution < 1.29 is 9.47 Å². The number of hydrogen-bond acceptors (Lipinski definition) is 9. The number of benzene rings is 2. The van der Waals surface area contributed by atoms with E-state index in [1.807, 2.05) is 31.2 Å². The van der Waals surface area contributed by atoms with Gasteiger partial charge in [0.1, 0.15) is 24.7 Å². The first kappa shape index (κ1) is 31.9. The van der Waals surface area contributed by atoms with Crippen molar-refractivity contribution in [3.8, 4) is 22.8 Å². The Morgan fingerprint density at radius 3 is 2.52 bits per heavy atom. The lowest BCUT2D eigenvalue weighted by atomic mass is 10.1. The molecule has 1 saturated heterocycles. The van der Waals surface area contributed by atoms with E-state index < -0.39 is 0 Å². The third-order valence-electron chi connectivity index (χ3n) is 7.21. The molecule has 0 aliphatic carbocycles. The van der Waals surface area contributed by atoms with Gasteiger partial charge in [0.25, 0.3) is 0 Å². The number of ether oxygens (including phenoxy) is 2. The molecule has 46 heavy (non-hydrogen) atoms. The molecule has 19 heteroatoms. The van der Waals surface area contributed by atoms with Gasteiger partial charge in [0.05, 0.1) is 34.7 Å². The van der Waals surface area contributed by atoms with Crippen LogP contribution in [0.4, 0.5) is 17.3 Å². The van der Waals surface area contributed by atoms with Crippen LogP contribution < -0.4 is 20.5 Å². The fourth-order valence-corrected chi connectivity index (χ4v) is 5.35. The number of para-hydroxylation sites is 1. The van der Waals surface area contributed by atoms with Crippen molar-refractivity contribution in [3.05, 3.63) is 53.3 Å².